The second kappa shape index (κ2) is 7.07. The molecule has 0 aromatic heterocycles. The van der Waals surface area contributed by atoms with Gasteiger partial charge in [-0.2, -0.15) is 4.89 Å². The number of hydrogen-bond donors (Lipinski definition) is 1. The van der Waals surface area contributed by atoms with Crippen LogP contribution < -0.4 is 19.1 Å². The molecule has 1 fully saturated rings. The molecule has 8 nitrogen and oxygen atoms in total. The van der Waals surface area contributed by atoms with Crippen LogP contribution in [0.25, 0.3) is 0 Å². The van der Waals surface area contributed by atoms with Crippen LogP contribution in [-0.2, 0) is 21.0 Å². The van der Waals surface area contributed by atoms with Gasteiger partial charge in [-0.25, -0.2) is 0 Å². The number of benzene rings is 2. The third-order valence-electron chi connectivity index (χ3n) is 6.25. The van der Waals surface area contributed by atoms with Gasteiger partial charge in [0.25, 0.3) is 0 Å². The lowest BCUT2D eigenvalue weighted by Crippen LogP contribution is -2.34. The molecule has 1 aliphatic carbocycles. The molecule has 30 heavy (non-hydrogen) atoms. The maximum atomic E-state index is 12.7. The van der Waals surface area contributed by atoms with Gasteiger partial charge in [0.2, 0.25) is 5.75 Å². The van der Waals surface area contributed by atoms with Crippen LogP contribution in [-0.4, -0.2) is 39.0 Å². The number of aliphatic hydroxyl groups excluding tert-OH is 1. The molecule has 1 N–H and O–H groups in total. The van der Waals surface area contributed by atoms with Gasteiger partial charge in [0.15, 0.2) is 17.2 Å². The molecule has 158 valence electrons. The molecular formula is C22H22O8. The predicted octanol–water partition coefficient (Wildman–Crippen LogP) is 2.50. The largest absolute Gasteiger partial charge is 0.493 e. The Morgan fingerprint density at radius 1 is 1.00 bits per heavy atom. The highest BCUT2D eigenvalue weighted by Crippen LogP contribution is 2.54. The number of esters is 1. The predicted molar refractivity (Wildman–Crippen MR) is 103 cm³/mol. The fraction of sp³-hybridized carbons (Fsp3) is 0.409. The van der Waals surface area contributed by atoms with Crippen LogP contribution in [0.5, 0.6) is 23.0 Å². The van der Waals surface area contributed by atoms with E-state index in [0.717, 1.165) is 16.7 Å². The summed E-state index contributed by atoms with van der Waals surface area (Å²) in [6.45, 7) is 0.471. The zero-order valence-electron chi connectivity index (χ0n) is 16.8. The quantitative estimate of drug-likeness (QED) is 0.603. The summed E-state index contributed by atoms with van der Waals surface area (Å²) >= 11 is 0. The lowest BCUT2D eigenvalue weighted by Gasteiger charge is -2.37. The summed E-state index contributed by atoms with van der Waals surface area (Å²) in [6.07, 6.45) is -0.843. The van der Waals surface area contributed by atoms with E-state index in [4.69, 9.17) is 28.7 Å². The fourth-order valence-corrected chi connectivity index (χ4v) is 4.85. The fourth-order valence-electron chi connectivity index (χ4n) is 4.85. The third-order valence-corrected chi connectivity index (χ3v) is 6.25. The number of cyclic esters (lactones) is 1. The van der Waals surface area contributed by atoms with Crippen LogP contribution in [0.3, 0.4) is 0 Å². The van der Waals surface area contributed by atoms with Crippen molar-refractivity contribution in [3.05, 3.63) is 46.5 Å². The molecule has 2 heterocycles. The number of methoxy groups -OCH3 is 3. The summed E-state index contributed by atoms with van der Waals surface area (Å²) in [5.41, 5.74) is 3.22. The molecule has 2 aromatic carbocycles. The maximum Gasteiger partial charge on any atom is 0.310 e. The Bertz CT molecular complexity index is 991. The number of carbonyl (C=O) groups excluding carboxylic acids is 1. The monoisotopic (exact) mass is 414 g/mol. The van der Waals surface area contributed by atoms with Gasteiger partial charge in [-0.3, -0.25) is 4.79 Å². The van der Waals surface area contributed by atoms with E-state index >= 15 is 0 Å². The molecule has 2 aliphatic heterocycles. The summed E-state index contributed by atoms with van der Waals surface area (Å²) in [5, 5.41) is 11.0. The second-order valence-corrected chi connectivity index (χ2v) is 7.64. The summed E-state index contributed by atoms with van der Waals surface area (Å²) in [7, 11) is 4.64. The van der Waals surface area contributed by atoms with Crippen LogP contribution in [0.2, 0.25) is 0 Å². The van der Waals surface area contributed by atoms with Crippen molar-refractivity contribution in [2.24, 2.45) is 11.8 Å². The van der Waals surface area contributed by atoms with Gasteiger partial charge in [-0.05, 0) is 41.0 Å². The molecule has 1 saturated heterocycles. The van der Waals surface area contributed by atoms with E-state index < -0.39 is 12.0 Å². The highest BCUT2D eigenvalue weighted by atomic mass is 17.2. The number of ether oxygens (including phenoxy) is 4. The molecule has 8 heteroatoms. The van der Waals surface area contributed by atoms with Crippen molar-refractivity contribution in [1.82, 2.24) is 0 Å². The highest BCUT2D eigenvalue weighted by molar-refractivity contribution is 5.78. The van der Waals surface area contributed by atoms with Gasteiger partial charge in [-0.15, -0.1) is 0 Å². The van der Waals surface area contributed by atoms with Crippen molar-refractivity contribution in [1.29, 1.82) is 0 Å². The van der Waals surface area contributed by atoms with E-state index in [2.05, 4.69) is 0 Å². The highest BCUT2D eigenvalue weighted by Gasteiger charge is 2.52. The number of fused-ring (bicyclic) bond motifs is 3. The second-order valence-electron chi connectivity index (χ2n) is 7.64. The molecular weight excluding hydrogens is 392 g/mol. The zero-order valence-corrected chi connectivity index (χ0v) is 16.8. The lowest BCUT2D eigenvalue weighted by atomic mass is 9.66. The van der Waals surface area contributed by atoms with Crippen molar-refractivity contribution in [3.8, 4) is 23.0 Å². The minimum absolute atomic E-state index is 0.166. The van der Waals surface area contributed by atoms with Crippen LogP contribution in [0.1, 0.15) is 34.3 Å². The summed E-state index contributed by atoms with van der Waals surface area (Å²) in [6, 6.07) is 7.43. The SMILES string of the molecule is COc1cc([C@H]2c3cc4c(cc3[C@H](O)[C@H]3COC(=O)[C@H]23)OOC4)cc(OC)c1OC. The molecule has 3 aliphatic rings. The Labute approximate surface area is 173 Å². The van der Waals surface area contributed by atoms with Crippen molar-refractivity contribution >= 4 is 5.97 Å². The van der Waals surface area contributed by atoms with E-state index in [1.807, 2.05) is 18.2 Å². The first-order chi connectivity index (χ1) is 14.6. The summed E-state index contributed by atoms with van der Waals surface area (Å²) < 4.78 is 21.9. The Morgan fingerprint density at radius 2 is 1.73 bits per heavy atom. The van der Waals surface area contributed by atoms with Gasteiger partial charge in [0.1, 0.15) is 6.61 Å². The van der Waals surface area contributed by atoms with Gasteiger partial charge >= 0.3 is 5.97 Å². The normalized spacial score (nSPS) is 26.2. The van der Waals surface area contributed by atoms with Gasteiger partial charge < -0.3 is 28.9 Å². The summed E-state index contributed by atoms with van der Waals surface area (Å²) in [4.78, 5) is 23.1. The molecule has 2 aromatic rings. The molecule has 5 rings (SSSR count). The number of carbonyl (C=O) groups is 1. The molecule has 0 radical (unpaired) electrons. The minimum Gasteiger partial charge on any atom is -0.493 e. The van der Waals surface area contributed by atoms with E-state index in [0.29, 0.717) is 35.2 Å². The molecule has 0 spiro atoms. The van der Waals surface area contributed by atoms with Crippen LogP contribution >= 0.6 is 0 Å². The van der Waals surface area contributed by atoms with E-state index in [-0.39, 0.29) is 24.4 Å². The Kier molecular flexibility index (Phi) is 4.48. The van der Waals surface area contributed by atoms with E-state index in [9.17, 15) is 9.90 Å². The summed E-state index contributed by atoms with van der Waals surface area (Å²) in [5.74, 6) is 0.470. The Balaban J connectivity index is 1.74. The van der Waals surface area contributed by atoms with Gasteiger partial charge in [0.05, 0.1) is 40.0 Å². The molecule has 0 saturated carbocycles. The standard InChI is InChI=1S/C22H22O8/c1-25-16-5-10(6-17(26-2)21(16)27-3)18-12-4-11-8-29-30-15(11)7-13(12)20(23)14-9-28-22(24)19(14)18/h4-7,14,18-20,23H,8-9H2,1-3H3/t14-,18-,19-,20-/m0/s1. The average molecular weight is 414 g/mol. The van der Waals surface area contributed by atoms with Crippen molar-refractivity contribution in [2.75, 3.05) is 27.9 Å². The topological polar surface area (TPSA) is 92.7 Å². The Morgan fingerprint density at radius 3 is 2.40 bits per heavy atom. The molecule has 0 unspecified atom stereocenters. The van der Waals surface area contributed by atoms with Crippen molar-refractivity contribution in [3.63, 3.8) is 0 Å². The average Bonchev–Trinajstić information content (AvgIpc) is 3.38. The number of hydrogen-bond acceptors (Lipinski definition) is 8. The molecule has 4 atom stereocenters. The first-order valence-electron chi connectivity index (χ1n) is 9.68. The van der Waals surface area contributed by atoms with Crippen molar-refractivity contribution < 1.29 is 38.6 Å². The Hall–Kier alpha value is -2.97. The number of rotatable bonds is 4. The molecule has 0 bridgehead atoms. The smallest absolute Gasteiger partial charge is 0.310 e. The lowest BCUT2D eigenvalue weighted by molar-refractivity contribution is -0.194. The van der Waals surface area contributed by atoms with E-state index in [1.54, 1.807) is 27.4 Å². The van der Waals surface area contributed by atoms with Gasteiger partial charge in [-0.1, -0.05) is 0 Å². The van der Waals surface area contributed by atoms with Gasteiger partial charge in [0, 0.05) is 17.4 Å². The van der Waals surface area contributed by atoms with E-state index in [1.165, 1.54) is 0 Å². The minimum atomic E-state index is -0.843. The number of aliphatic hydroxyl groups is 1. The van der Waals surface area contributed by atoms with Crippen LogP contribution in [0.15, 0.2) is 24.3 Å². The zero-order chi connectivity index (χ0) is 21.0. The van der Waals surface area contributed by atoms with Crippen molar-refractivity contribution in [2.45, 2.75) is 18.6 Å². The first-order valence-corrected chi connectivity index (χ1v) is 9.68. The maximum absolute atomic E-state index is 12.7. The first kappa shape index (κ1) is 19.0. The third kappa shape index (κ3) is 2.64. The molecule has 0 amide bonds. The van der Waals surface area contributed by atoms with Crippen LogP contribution in [0.4, 0.5) is 0 Å². The van der Waals surface area contributed by atoms with Crippen LogP contribution in [0, 0.1) is 11.8 Å².